The molecule has 0 aliphatic carbocycles. The first-order chi connectivity index (χ1) is 9.13. The van der Waals surface area contributed by atoms with Crippen molar-refractivity contribution >= 4 is 27.2 Å². The minimum Gasteiger partial charge on any atom is -0.389 e. The van der Waals surface area contributed by atoms with Gasteiger partial charge in [0.1, 0.15) is 10.8 Å². The fraction of sp³-hybridized carbons (Fsp3) is 0.462. The van der Waals surface area contributed by atoms with Crippen molar-refractivity contribution in [2.45, 2.75) is 38.1 Å². The normalized spacial score (nSPS) is 13.4. The summed E-state index contributed by atoms with van der Waals surface area (Å²) in [5.41, 5.74) is 5.30. The molecule has 0 saturated heterocycles. The molecule has 0 fully saturated rings. The molecule has 0 aromatic heterocycles. The lowest BCUT2D eigenvalue weighted by Crippen LogP contribution is -2.33. The summed E-state index contributed by atoms with van der Waals surface area (Å²) in [5, 5.41) is 0. The van der Waals surface area contributed by atoms with Crippen molar-refractivity contribution in [1.29, 1.82) is 0 Å². The van der Waals surface area contributed by atoms with Crippen LogP contribution in [0.15, 0.2) is 23.1 Å². The van der Waals surface area contributed by atoms with Crippen LogP contribution in [0.3, 0.4) is 0 Å². The Kier molecular flexibility index (Phi) is 5.61. The number of nitrogens with two attached hydrogens (primary N) is 1. The number of rotatable bonds is 6. The maximum atomic E-state index is 13.5. The van der Waals surface area contributed by atoms with E-state index in [0.29, 0.717) is 12.3 Å². The van der Waals surface area contributed by atoms with Gasteiger partial charge in [-0.2, -0.15) is 0 Å². The molecule has 20 heavy (non-hydrogen) atoms. The van der Waals surface area contributed by atoms with Gasteiger partial charge >= 0.3 is 0 Å². The second kappa shape index (κ2) is 6.60. The van der Waals surface area contributed by atoms with E-state index in [1.165, 1.54) is 6.07 Å². The van der Waals surface area contributed by atoms with Crippen LogP contribution in [0.25, 0.3) is 0 Å². The Balaban J connectivity index is 3.04. The Labute approximate surface area is 124 Å². The lowest BCUT2D eigenvalue weighted by atomic mass is 10.1. The average molecular weight is 318 g/mol. The molecule has 112 valence electrons. The molecule has 0 spiro atoms. The summed E-state index contributed by atoms with van der Waals surface area (Å²) < 4.78 is 40.4. The summed E-state index contributed by atoms with van der Waals surface area (Å²) in [6, 6.07) is 3.19. The molecular weight excluding hydrogens is 299 g/mol. The highest BCUT2D eigenvalue weighted by atomic mass is 32.2. The van der Waals surface area contributed by atoms with Gasteiger partial charge in [0, 0.05) is 11.6 Å². The molecule has 0 saturated carbocycles. The molecule has 7 heteroatoms. The Bertz CT molecular complexity index is 600. The van der Waals surface area contributed by atoms with E-state index in [1.807, 2.05) is 13.8 Å². The van der Waals surface area contributed by atoms with Gasteiger partial charge < -0.3 is 5.73 Å². The van der Waals surface area contributed by atoms with Crippen LogP contribution in [0, 0.1) is 11.7 Å². The smallest absolute Gasteiger partial charge is 0.240 e. The molecule has 0 heterocycles. The van der Waals surface area contributed by atoms with Gasteiger partial charge in [0.25, 0.3) is 0 Å². The molecule has 0 bridgehead atoms. The van der Waals surface area contributed by atoms with E-state index in [4.69, 9.17) is 18.0 Å². The molecule has 1 aromatic carbocycles. The summed E-state index contributed by atoms with van der Waals surface area (Å²) in [5.74, 6) is -0.264. The van der Waals surface area contributed by atoms with Crippen molar-refractivity contribution in [1.82, 2.24) is 4.72 Å². The second-order valence-electron chi connectivity index (χ2n) is 5.16. The number of benzene rings is 1. The third-order valence-electron chi connectivity index (χ3n) is 2.69. The molecule has 4 nitrogen and oxygen atoms in total. The number of nitrogens with one attached hydrogen (secondary N) is 1. The van der Waals surface area contributed by atoms with Gasteiger partial charge in [0.15, 0.2) is 0 Å². The molecular formula is C13H19FN2O2S2. The van der Waals surface area contributed by atoms with Gasteiger partial charge in [-0.3, -0.25) is 0 Å². The quantitative estimate of drug-likeness (QED) is 0.789. The first kappa shape index (κ1) is 17.0. The van der Waals surface area contributed by atoms with Gasteiger partial charge in [-0.15, -0.1) is 0 Å². The van der Waals surface area contributed by atoms with Crippen LogP contribution in [0.5, 0.6) is 0 Å². The predicted octanol–water partition coefficient (Wildman–Crippen LogP) is 2.17. The Morgan fingerprint density at radius 3 is 2.50 bits per heavy atom. The maximum absolute atomic E-state index is 13.5. The van der Waals surface area contributed by atoms with Gasteiger partial charge in [0.2, 0.25) is 10.0 Å². The zero-order chi connectivity index (χ0) is 15.5. The van der Waals surface area contributed by atoms with Crippen LogP contribution in [0.4, 0.5) is 4.39 Å². The monoisotopic (exact) mass is 318 g/mol. The molecule has 0 amide bonds. The number of hydrogen-bond acceptors (Lipinski definition) is 3. The van der Waals surface area contributed by atoms with Gasteiger partial charge in [-0.25, -0.2) is 17.5 Å². The highest BCUT2D eigenvalue weighted by molar-refractivity contribution is 7.89. The van der Waals surface area contributed by atoms with Crippen molar-refractivity contribution in [2.24, 2.45) is 11.7 Å². The van der Waals surface area contributed by atoms with E-state index in [2.05, 4.69) is 4.72 Å². The van der Waals surface area contributed by atoms with E-state index in [1.54, 1.807) is 6.92 Å². The maximum Gasteiger partial charge on any atom is 0.240 e. The fourth-order valence-electron chi connectivity index (χ4n) is 1.95. The van der Waals surface area contributed by atoms with Crippen LogP contribution < -0.4 is 10.5 Å². The molecule has 0 radical (unpaired) electrons. The summed E-state index contributed by atoms with van der Waals surface area (Å²) in [6.07, 6.45) is 0.711. The highest BCUT2D eigenvalue weighted by Gasteiger charge is 2.20. The van der Waals surface area contributed by atoms with Crippen LogP contribution >= 0.6 is 12.2 Å². The van der Waals surface area contributed by atoms with Gasteiger partial charge in [-0.05, 0) is 37.5 Å². The standard InChI is InChI=1S/C13H19FN2O2S2/c1-8(2)6-9(3)16-20(17,18)10-4-5-12(14)11(7-10)13(15)19/h4-5,7-9,16H,6H2,1-3H3,(H2,15,19). The summed E-state index contributed by atoms with van der Waals surface area (Å²) >= 11 is 4.70. The van der Waals surface area contributed by atoms with Crippen LogP contribution in [0.2, 0.25) is 0 Å². The zero-order valence-corrected chi connectivity index (χ0v) is 13.3. The topological polar surface area (TPSA) is 72.2 Å². The van der Waals surface area contributed by atoms with Crippen LogP contribution in [-0.2, 0) is 10.0 Å². The van der Waals surface area contributed by atoms with Crippen LogP contribution in [0.1, 0.15) is 32.8 Å². The lowest BCUT2D eigenvalue weighted by molar-refractivity contribution is 0.482. The summed E-state index contributed by atoms with van der Waals surface area (Å²) in [7, 11) is -3.71. The van der Waals surface area contributed by atoms with Crippen molar-refractivity contribution < 1.29 is 12.8 Å². The first-order valence-corrected chi connectivity index (χ1v) is 8.14. The van der Waals surface area contributed by atoms with Crippen molar-refractivity contribution in [2.75, 3.05) is 0 Å². The third-order valence-corrected chi connectivity index (χ3v) is 4.50. The van der Waals surface area contributed by atoms with Crippen molar-refractivity contribution in [3.8, 4) is 0 Å². The molecule has 1 rings (SSSR count). The lowest BCUT2D eigenvalue weighted by Gasteiger charge is -2.16. The number of thiocarbonyl (C=S) groups is 1. The summed E-state index contributed by atoms with van der Waals surface area (Å²) in [4.78, 5) is -0.216. The zero-order valence-electron chi connectivity index (χ0n) is 11.7. The fourth-order valence-corrected chi connectivity index (χ4v) is 3.39. The van der Waals surface area contributed by atoms with E-state index >= 15 is 0 Å². The summed E-state index contributed by atoms with van der Waals surface area (Å²) in [6.45, 7) is 5.80. The van der Waals surface area contributed by atoms with E-state index in [9.17, 15) is 12.8 Å². The second-order valence-corrected chi connectivity index (χ2v) is 7.31. The van der Waals surface area contributed by atoms with Crippen molar-refractivity contribution in [3.63, 3.8) is 0 Å². The number of sulfonamides is 1. The highest BCUT2D eigenvalue weighted by Crippen LogP contribution is 2.16. The molecule has 0 aliphatic rings. The SMILES string of the molecule is CC(C)CC(C)NS(=O)(=O)c1ccc(F)c(C(N)=S)c1. The largest absolute Gasteiger partial charge is 0.389 e. The van der Waals surface area contributed by atoms with E-state index in [-0.39, 0.29) is 21.5 Å². The van der Waals surface area contributed by atoms with Gasteiger partial charge in [0.05, 0.1) is 4.90 Å². The molecule has 1 atom stereocenters. The predicted molar refractivity (Wildman–Crippen MR) is 81.5 cm³/mol. The minimum atomic E-state index is -3.71. The van der Waals surface area contributed by atoms with E-state index in [0.717, 1.165) is 12.1 Å². The Hall–Kier alpha value is -1.05. The number of halogens is 1. The van der Waals surface area contributed by atoms with Gasteiger partial charge in [-0.1, -0.05) is 26.1 Å². The minimum absolute atomic E-state index is 0.0442. The van der Waals surface area contributed by atoms with Crippen LogP contribution in [-0.4, -0.2) is 19.4 Å². The molecule has 1 aromatic rings. The molecule has 3 N–H and O–H groups in total. The first-order valence-electron chi connectivity index (χ1n) is 6.25. The number of hydrogen-bond donors (Lipinski definition) is 2. The van der Waals surface area contributed by atoms with Crippen molar-refractivity contribution in [3.05, 3.63) is 29.6 Å². The molecule has 1 unspecified atom stereocenters. The Morgan fingerprint density at radius 2 is 2.00 bits per heavy atom. The third kappa shape index (κ3) is 4.50. The Morgan fingerprint density at radius 1 is 1.40 bits per heavy atom. The molecule has 0 aliphatic heterocycles. The average Bonchev–Trinajstić information content (AvgIpc) is 2.26. The van der Waals surface area contributed by atoms with E-state index < -0.39 is 15.8 Å².